The van der Waals surface area contributed by atoms with Gasteiger partial charge in [0.1, 0.15) is 12.4 Å². The smallest absolute Gasteiger partial charge is 0.258 e. The Morgan fingerprint density at radius 1 is 1.10 bits per heavy atom. The quantitative estimate of drug-likeness (QED) is 0.487. The fraction of sp³-hybridized carbons (Fsp3) is 0.417. The average Bonchev–Trinajstić information content (AvgIpc) is 3.47. The molecular formula is C24H28N3O3. The summed E-state index contributed by atoms with van der Waals surface area (Å²) in [5.41, 5.74) is 4.96. The van der Waals surface area contributed by atoms with Crippen molar-refractivity contribution < 1.29 is 14.0 Å². The molecule has 1 aliphatic carbocycles. The summed E-state index contributed by atoms with van der Waals surface area (Å²) in [5.74, 6) is 2.98. The van der Waals surface area contributed by atoms with E-state index in [0.29, 0.717) is 23.5 Å². The number of aromatic nitrogens is 3. The molecule has 2 heterocycles. The van der Waals surface area contributed by atoms with Crippen LogP contribution in [0, 0.1) is 13.5 Å². The SMILES string of the molecule is C[CH]Oc1c(C)cc(-c2noc(-c3cc(OC)nc(C4CCCC4)c3)n2)cc1CC. The molecule has 6 nitrogen and oxygen atoms in total. The largest absolute Gasteiger partial charge is 0.486 e. The second-order valence-electron chi connectivity index (χ2n) is 7.72. The molecule has 0 unspecified atom stereocenters. The second kappa shape index (κ2) is 8.86. The molecule has 1 radical (unpaired) electrons. The monoisotopic (exact) mass is 406 g/mol. The molecule has 1 aromatic carbocycles. The van der Waals surface area contributed by atoms with Crippen LogP contribution >= 0.6 is 0 Å². The van der Waals surface area contributed by atoms with Crippen LogP contribution in [0.15, 0.2) is 28.8 Å². The number of nitrogens with zero attached hydrogens (tertiary/aromatic N) is 3. The maximum atomic E-state index is 5.70. The molecule has 0 bridgehead atoms. The van der Waals surface area contributed by atoms with Crippen molar-refractivity contribution in [2.45, 2.75) is 58.8 Å². The van der Waals surface area contributed by atoms with Gasteiger partial charge in [-0.15, -0.1) is 0 Å². The number of rotatable bonds is 7. The van der Waals surface area contributed by atoms with Crippen LogP contribution in [-0.4, -0.2) is 22.2 Å². The van der Waals surface area contributed by atoms with Crippen LogP contribution < -0.4 is 9.47 Å². The fourth-order valence-electron chi connectivity index (χ4n) is 4.17. The van der Waals surface area contributed by atoms with Crippen molar-refractivity contribution in [3.8, 4) is 34.5 Å². The van der Waals surface area contributed by atoms with Gasteiger partial charge in [0.15, 0.2) is 0 Å². The molecule has 1 fully saturated rings. The summed E-state index contributed by atoms with van der Waals surface area (Å²) in [6.45, 7) is 7.72. The lowest BCUT2D eigenvalue weighted by Gasteiger charge is -2.12. The molecule has 0 N–H and O–H groups in total. The summed E-state index contributed by atoms with van der Waals surface area (Å²) >= 11 is 0. The van der Waals surface area contributed by atoms with E-state index in [1.807, 2.05) is 26.0 Å². The Morgan fingerprint density at radius 3 is 2.60 bits per heavy atom. The van der Waals surface area contributed by atoms with Crippen LogP contribution in [0.1, 0.15) is 62.3 Å². The second-order valence-corrected chi connectivity index (χ2v) is 7.72. The van der Waals surface area contributed by atoms with E-state index in [2.05, 4.69) is 34.2 Å². The minimum absolute atomic E-state index is 0.471. The third-order valence-corrected chi connectivity index (χ3v) is 5.70. The van der Waals surface area contributed by atoms with Crippen molar-refractivity contribution >= 4 is 0 Å². The van der Waals surface area contributed by atoms with Gasteiger partial charge in [-0.05, 0) is 62.4 Å². The highest BCUT2D eigenvalue weighted by Crippen LogP contribution is 2.36. The van der Waals surface area contributed by atoms with Gasteiger partial charge in [-0.1, -0.05) is 24.9 Å². The van der Waals surface area contributed by atoms with Gasteiger partial charge < -0.3 is 14.0 Å². The number of aryl methyl sites for hydroxylation is 2. The standard InChI is InChI=1S/C24H28N3O3/c1-5-16-12-18(11-15(3)22(16)29-6-2)23-26-24(30-27-23)19-13-20(17-9-7-8-10-17)25-21(14-19)28-4/h6,11-14,17H,5,7-10H2,1-4H3. The molecule has 6 heteroatoms. The number of benzene rings is 1. The molecule has 1 aliphatic rings. The Hall–Kier alpha value is -2.89. The van der Waals surface area contributed by atoms with Gasteiger partial charge >= 0.3 is 0 Å². The third-order valence-electron chi connectivity index (χ3n) is 5.70. The molecule has 0 amide bonds. The van der Waals surface area contributed by atoms with Crippen molar-refractivity contribution in [1.29, 1.82) is 0 Å². The van der Waals surface area contributed by atoms with Crippen LogP contribution in [0.4, 0.5) is 0 Å². The van der Waals surface area contributed by atoms with Gasteiger partial charge in [-0.2, -0.15) is 4.98 Å². The fourth-order valence-corrected chi connectivity index (χ4v) is 4.17. The highest BCUT2D eigenvalue weighted by molar-refractivity contribution is 5.64. The molecule has 2 aromatic heterocycles. The van der Waals surface area contributed by atoms with Gasteiger partial charge in [0.25, 0.3) is 5.89 Å². The predicted molar refractivity (Wildman–Crippen MR) is 115 cm³/mol. The van der Waals surface area contributed by atoms with Crippen molar-refractivity contribution in [3.63, 3.8) is 0 Å². The maximum absolute atomic E-state index is 5.70. The van der Waals surface area contributed by atoms with Crippen LogP contribution in [0.25, 0.3) is 22.8 Å². The molecule has 0 saturated heterocycles. The summed E-state index contributed by atoms with van der Waals surface area (Å²) in [5, 5.41) is 4.24. The Kier molecular flexibility index (Phi) is 6.02. The molecule has 157 valence electrons. The third kappa shape index (κ3) is 4.04. The predicted octanol–water partition coefficient (Wildman–Crippen LogP) is 5.90. The van der Waals surface area contributed by atoms with Crippen LogP contribution in [0.5, 0.6) is 11.6 Å². The Balaban J connectivity index is 1.69. The number of hydrogen-bond donors (Lipinski definition) is 0. The van der Waals surface area contributed by atoms with Crippen LogP contribution in [0.3, 0.4) is 0 Å². The zero-order valence-electron chi connectivity index (χ0n) is 18.1. The number of ether oxygens (including phenoxy) is 2. The summed E-state index contributed by atoms with van der Waals surface area (Å²) in [6.07, 6.45) is 5.68. The first-order valence-electron chi connectivity index (χ1n) is 10.6. The highest BCUT2D eigenvalue weighted by Gasteiger charge is 2.22. The molecule has 0 aliphatic heterocycles. The minimum Gasteiger partial charge on any atom is -0.486 e. The van der Waals surface area contributed by atoms with E-state index in [1.165, 1.54) is 12.8 Å². The summed E-state index contributed by atoms with van der Waals surface area (Å²) < 4.78 is 16.8. The highest BCUT2D eigenvalue weighted by atomic mass is 16.5. The number of methoxy groups -OCH3 is 1. The Labute approximate surface area is 177 Å². The first kappa shape index (κ1) is 20.4. The molecule has 0 spiro atoms. The number of pyridine rings is 1. The molecule has 3 aromatic rings. The number of hydrogen-bond acceptors (Lipinski definition) is 6. The lowest BCUT2D eigenvalue weighted by molar-refractivity contribution is 0.394. The van der Waals surface area contributed by atoms with Gasteiger partial charge in [-0.25, -0.2) is 4.98 Å². The summed E-state index contributed by atoms with van der Waals surface area (Å²) in [4.78, 5) is 9.33. The van der Waals surface area contributed by atoms with Crippen LogP contribution in [0.2, 0.25) is 0 Å². The van der Waals surface area contributed by atoms with Gasteiger partial charge in [0.2, 0.25) is 11.7 Å². The van der Waals surface area contributed by atoms with Crippen LogP contribution in [-0.2, 0) is 6.42 Å². The minimum atomic E-state index is 0.471. The van der Waals surface area contributed by atoms with E-state index < -0.39 is 0 Å². The molecule has 30 heavy (non-hydrogen) atoms. The summed E-state index contributed by atoms with van der Waals surface area (Å²) in [7, 11) is 1.64. The summed E-state index contributed by atoms with van der Waals surface area (Å²) in [6, 6.07) is 8.01. The molecule has 1 saturated carbocycles. The van der Waals surface area contributed by atoms with E-state index in [9.17, 15) is 0 Å². The van der Waals surface area contributed by atoms with E-state index in [4.69, 9.17) is 14.0 Å². The van der Waals surface area contributed by atoms with Crippen molar-refractivity contribution in [2.24, 2.45) is 0 Å². The lowest BCUT2D eigenvalue weighted by Crippen LogP contribution is -1.99. The molecular weight excluding hydrogens is 378 g/mol. The van der Waals surface area contributed by atoms with E-state index in [-0.39, 0.29) is 0 Å². The zero-order chi connectivity index (χ0) is 21.1. The van der Waals surface area contributed by atoms with Gasteiger partial charge in [0.05, 0.1) is 7.11 Å². The normalized spacial score (nSPS) is 14.3. The Morgan fingerprint density at radius 2 is 1.90 bits per heavy atom. The van der Waals surface area contributed by atoms with Crippen molar-refractivity contribution in [1.82, 2.24) is 15.1 Å². The first-order chi connectivity index (χ1) is 14.6. The van der Waals surface area contributed by atoms with Crippen molar-refractivity contribution in [2.75, 3.05) is 7.11 Å². The van der Waals surface area contributed by atoms with Crippen molar-refractivity contribution in [3.05, 3.63) is 47.7 Å². The maximum Gasteiger partial charge on any atom is 0.258 e. The topological polar surface area (TPSA) is 70.3 Å². The average molecular weight is 407 g/mol. The van der Waals surface area contributed by atoms with E-state index >= 15 is 0 Å². The van der Waals surface area contributed by atoms with Gasteiger partial charge in [-0.3, -0.25) is 0 Å². The van der Waals surface area contributed by atoms with E-state index in [0.717, 1.165) is 53.0 Å². The molecule has 4 rings (SSSR count). The zero-order valence-corrected chi connectivity index (χ0v) is 18.1. The molecule has 0 atom stereocenters. The first-order valence-corrected chi connectivity index (χ1v) is 10.6. The van der Waals surface area contributed by atoms with E-state index in [1.54, 1.807) is 13.7 Å². The lowest BCUT2D eigenvalue weighted by atomic mass is 10.0. The Bertz CT molecular complexity index is 1020. The van der Waals surface area contributed by atoms with Gasteiger partial charge in [0, 0.05) is 28.8 Å².